The fraction of sp³-hybridized carbons (Fsp3) is 0.346. The molecule has 2 aromatic heterocycles. The van der Waals surface area contributed by atoms with E-state index in [9.17, 15) is 19.2 Å². The van der Waals surface area contributed by atoms with E-state index < -0.39 is 24.3 Å². The number of nitrogens with zero attached hydrogens (tertiary/aromatic N) is 4. The third-order valence-electron chi connectivity index (χ3n) is 13.4. The number of amides is 4. The molecule has 4 aliphatic rings. The molecule has 6 aromatic rings. The second kappa shape index (κ2) is 19.3. The van der Waals surface area contributed by atoms with Crippen LogP contribution < -0.4 is 10.6 Å². The van der Waals surface area contributed by atoms with Gasteiger partial charge in [-0.25, -0.2) is 9.97 Å². The van der Waals surface area contributed by atoms with Gasteiger partial charge in [-0.15, -0.1) is 0 Å². The minimum Gasteiger partial charge on any atom is -0.368 e. The Morgan fingerprint density at radius 3 is 1.29 bits per heavy atom. The third kappa shape index (κ3) is 9.03. The normalized spacial score (nSPS) is 21.5. The van der Waals surface area contributed by atoms with Crippen LogP contribution in [-0.4, -0.2) is 91.9 Å². The number of benzene rings is 4. The average Bonchev–Trinajstić information content (AvgIpc) is 4.22. The van der Waals surface area contributed by atoms with Crippen molar-refractivity contribution in [2.24, 2.45) is 0 Å². The molecule has 6 atom stereocenters. The summed E-state index contributed by atoms with van der Waals surface area (Å²) in [6.45, 7) is 2.24. The van der Waals surface area contributed by atoms with Crippen LogP contribution in [0.2, 0.25) is 0 Å². The SMILES string of the molecule is O=C(N[C@@H](C(=O)N1CCC[C@H]1c1ncc(-c2ccc(-c3ccc(-c4cnc([C@@H]5CCCN5C(=O)[C@H](NC(=O)[C@H]5CCCO5)c5ccccc5)[nH]4)cc3)cc2)[nH]1)c1ccccc1)[C@H]1CCCO1. The Hall–Kier alpha value is -6.90. The molecule has 14 heteroatoms. The van der Waals surface area contributed by atoms with Crippen molar-refractivity contribution in [3.05, 3.63) is 144 Å². The summed E-state index contributed by atoms with van der Waals surface area (Å²) in [6.07, 6.45) is 8.70. The maximum atomic E-state index is 14.2. The zero-order valence-electron chi connectivity index (χ0n) is 36.7. The molecular weight excluding hydrogens is 833 g/mol. The minimum atomic E-state index is -0.824. The van der Waals surface area contributed by atoms with Crippen LogP contribution in [0.1, 0.15) is 98.3 Å². The molecule has 4 amide bonds. The molecule has 4 N–H and O–H groups in total. The van der Waals surface area contributed by atoms with Crippen LogP contribution in [0, 0.1) is 0 Å². The van der Waals surface area contributed by atoms with E-state index in [0.29, 0.717) is 39.1 Å². The van der Waals surface area contributed by atoms with Gasteiger partial charge >= 0.3 is 0 Å². The summed E-state index contributed by atoms with van der Waals surface area (Å²) in [5.41, 5.74) is 7.24. The van der Waals surface area contributed by atoms with Crippen LogP contribution in [-0.2, 0) is 28.7 Å². The summed E-state index contributed by atoms with van der Waals surface area (Å²) in [6, 6.07) is 33.3. The number of aromatic amines is 2. The number of rotatable bonds is 13. The second-order valence-electron chi connectivity index (χ2n) is 17.6. The van der Waals surface area contributed by atoms with Crippen molar-refractivity contribution in [2.45, 2.75) is 87.7 Å². The highest BCUT2D eigenvalue weighted by atomic mass is 16.5. The van der Waals surface area contributed by atoms with Crippen molar-refractivity contribution in [1.29, 1.82) is 0 Å². The molecule has 6 heterocycles. The van der Waals surface area contributed by atoms with E-state index in [0.717, 1.165) is 94.9 Å². The van der Waals surface area contributed by atoms with Crippen LogP contribution in [0.4, 0.5) is 0 Å². The van der Waals surface area contributed by atoms with Crippen molar-refractivity contribution < 1.29 is 28.7 Å². The maximum Gasteiger partial charge on any atom is 0.250 e. The molecule has 0 spiro atoms. The largest absolute Gasteiger partial charge is 0.368 e. The van der Waals surface area contributed by atoms with Gasteiger partial charge in [-0.2, -0.15) is 0 Å². The van der Waals surface area contributed by atoms with Crippen LogP contribution >= 0.6 is 0 Å². The van der Waals surface area contributed by atoms with Gasteiger partial charge in [-0.05, 0) is 84.7 Å². The fourth-order valence-corrected chi connectivity index (χ4v) is 9.86. The summed E-state index contributed by atoms with van der Waals surface area (Å²) in [4.78, 5) is 75.0. The van der Waals surface area contributed by atoms with Crippen LogP contribution in [0.25, 0.3) is 33.6 Å². The first-order valence-electron chi connectivity index (χ1n) is 23.2. The zero-order valence-corrected chi connectivity index (χ0v) is 36.7. The quantitative estimate of drug-likeness (QED) is 0.0921. The second-order valence-corrected chi connectivity index (χ2v) is 17.6. The lowest BCUT2D eigenvalue weighted by atomic mass is 10.0. The number of imidazole rings is 2. The first kappa shape index (κ1) is 43.0. The highest BCUT2D eigenvalue weighted by molar-refractivity contribution is 5.91. The van der Waals surface area contributed by atoms with Crippen LogP contribution in [0.15, 0.2) is 122 Å². The summed E-state index contributed by atoms with van der Waals surface area (Å²) >= 11 is 0. The number of hydrogen-bond donors (Lipinski definition) is 4. The highest BCUT2D eigenvalue weighted by Gasteiger charge is 2.40. The van der Waals surface area contributed by atoms with Crippen molar-refractivity contribution in [2.75, 3.05) is 26.3 Å². The van der Waals surface area contributed by atoms with Gasteiger partial charge in [0.15, 0.2) is 0 Å². The van der Waals surface area contributed by atoms with Gasteiger partial charge < -0.3 is 39.9 Å². The Morgan fingerprint density at radius 1 is 0.515 bits per heavy atom. The lowest BCUT2D eigenvalue weighted by Gasteiger charge is -2.29. The van der Waals surface area contributed by atoms with E-state index in [1.54, 1.807) is 0 Å². The first-order chi connectivity index (χ1) is 32.4. The standard InChI is InChI=1S/C52H54N8O6/c61-49(43-17-9-29-65-43)57-45(37-11-3-1-4-12-37)51(63)59-27-7-15-41(59)47-53-31-39(55-47)35-23-19-33(20-24-35)34-21-25-36(26-22-34)40-32-54-48(56-40)42-16-8-28-60(42)52(64)46(38-13-5-2-6-14-38)58-50(62)44-18-10-30-66-44/h1-6,11-14,19-26,31-32,41-46H,7-10,15-18,27-30H2,(H,53,55)(H,54,56)(H,57,61)(H,58,62)/t41-,42-,43+,44+,45+,46+/m0/s1. The highest BCUT2D eigenvalue weighted by Crippen LogP contribution is 2.37. The summed E-state index contributed by atoms with van der Waals surface area (Å²) in [7, 11) is 0. The number of H-pyrrole nitrogens is 2. The predicted molar refractivity (Wildman–Crippen MR) is 247 cm³/mol. The van der Waals surface area contributed by atoms with E-state index in [1.807, 2.05) is 82.9 Å². The minimum absolute atomic E-state index is 0.158. The summed E-state index contributed by atoms with van der Waals surface area (Å²) in [5, 5.41) is 6.01. The Kier molecular flexibility index (Phi) is 12.6. The number of carbonyl (C=O) groups excluding carboxylic acids is 4. The molecule has 0 bridgehead atoms. The molecule has 0 aliphatic carbocycles. The van der Waals surface area contributed by atoms with Crippen molar-refractivity contribution in [3.63, 3.8) is 0 Å². The number of ether oxygens (including phenoxy) is 2. The summed E-state index contributed by atoms with van der Waals surface area (Å²) in [5.74, 6) is 0.609. The molecule has 0 radical (unpaired) electrons. The Morgan fingerprint density at radius 2 is 0.909 bits per heavy atom. The van der Waals surface area contributed by atoms with Gasteiger partial charge in [-0.1, -0.05) is 109 Å². The Balaban J connectivity index is 0.793. The number of likely N-dealkylation sites (tertiary alicyclic amines) is 2. The van der Waals surface area contributed by atoms with Crippen LogP contribution in [0.5, 0.6) is 0 Å². The molecule has 338 valence electrons. The lowest BCUT2D eigenvalue weighted by Crippen LogP contribution is -2.45. The van der Waals surface area contributed by atoms with E-state index in [-0.39, 0.29) is 35.7 Å². The van der Waals surface area contributed by atoms with E-state index in [1.165, 1.54) is 0 Å². The molecule has 4 saturated heterocycles. The molecule has 4 fully saturated rings. The topological polar surface area (TPSA) is 175 Å². The molecule has 14 nitrogen and oxygen atoms in total. The van der Waals surface area contributed by atoms with E-state index in [2.05, 4.69) is 69.1 Å². The van der Waals surface area contributed by atoms with Gasteiger partial charge in [0.25, 0.3) is 0 Å². The molecule has 10 rings (SSSR count). The van der Waals surface area contributed by atoms with Gasteiger partial charge in [-0.3, -0.25) is 19.2 Å². The molecular formula is C52H54N8O6. The van der Waals surface area contributed by atoms with Crippen molar-refractivity contribution in [3.8, 4) is 33.6 Å². The number of hydrogen-bond acceptors (Lipinski definition) is 8. The number of carbonyl (C=O) groups is 4. The van der Waals surface area contributed by atoms with Gasteiger partial charge in [0.05, 0.1) is 35.9 Å². The monoisotopic (exact) mass is 886 g/mol. The Labute approximate surface area is 383 Å². The van der Waals surface area contributed by atoms with E-state index in [4.69, 9.17) is 19.4 Å². The fourth-order valence-electron chi connectivity index (χ4n) is 9.86. The number of nitrogens with one attached hydrogen (secondary N) is 4. The molecule has 0 unspecified atom stereocenters. The van der Waals surface area contributed by atoms with Gasteiger partial charge in [0.2, 0.25) is 23.6 Å². The molecule has 0 saturated carbocycles. The van der Waals surface area contributed by atoms with Gasteiger partial charge in [0, 0.05) is 26.3 Å². The maximum absolute atomic E-state index is 14.2. The summed E-state index contributed by atoms with van der Waals surface area (Å²) < 4.78 is 11.3. The van der Waals surface area contributed by atoms with Crippen LogP contribution in [0.3, 0.4) is 0 Å². The molecule has 66 heavy (non-hydrogen) atoms. The predicted octanol–water partition coefficient (Wildman–Crippen LogP) is 7.53. The zero-order chi connectivity index (χ0) is 45.0. The third-order valence-corrected chi connectivity index (χ3v) is 13.4. The van der Waals surface area contributed by atoms with Crippen molar-refractivity contribution in [1.82, 2.24) is 40.4 Å². The Bertz CT molecular complexity index is 2450. The van der Waals surface area contributed by atoms with Gasteiger partial charge in [0.1, 0.15) is 35.9 Å². The first-order valence-corrected chi connectivity index (χ1v) is 23.2. The molecule has 4 aliphatic heterocycles. The molecule has 4 aromatic carbocycles. The van der Waals surface area contributed by atoms with E-state index >= 15 is 0 Å². The van der Waals surface area contributed by atoms with Crippen molar-refractivity contribution >= 4 is 23.6 Å². The lowest BCUT2D eigenvalue weighted by molar-refractivity contribution is -0.140. The average molecular weight is 887 g/mol. The smallest absolute Gasteiger partial charge is 0.250 e. The number of aromatic nitrogens is 4.